The van der Waals surface area contributed by atoms with Gasteiger partial charge in [-0.05, 0) is 6.07 Å². The molecule has 1 N–H and O–H groups in total. The summed E-state index contributed by atoms with van der Waals surface area (Å²) in [6, 6.07) is 9.71. The molecule has 0 unspecified atom stereocenters. The van der Waals surface area contributed by atoms with Gasteiger partial charge in [-0.2, -0.15) is 0 Å². The number of carboxylic acids is 1. The lowest BCUT2D eigenvalue weighted by Gasteiger charge is -1.99. The molecule has 0 aliphatic heterocycles. The number of hydrogen-bond donors (Lipinski definition) is 1. The quantitative estimate of drug-likeness (QED) is 0.852. The normalized spacial score (nSPS) is 11.0. The first-order valence-electron chi connectivity index (χ1n) is 4.99. The van der Waals surface area contributed by atoms with Crippen LogP contribution in [0.3, 0.4) is 0 Å². The molecule has 0 fully saturated rings. The Balaban J connectivity index is 2.37. The molecule has 1 aromatic heterocycles. The van der Waals surface area contributed by atoms with E-state index in [4.69, 9.17) is 5.11 Å². The number of carbonyl (C=O) groups is 1. The first kappa shape index (κ1) is 10.4. The van der Waals surface area contributed by atoms with Crippen LogP contribution in [0.1, 0.15) is 12.0 Å². The molecule has 3 heteroatoms. The van der Waals surface area contributed by atoms with Gasteiger partial charge in [-0.3, -0.25) is 9.78 Å². The maximum atomic E-state index is 10.4. The summed E-state index contributed by atoms with van der Waals surface area (Å²) in [6.45, 7) is 0. The maximum Gasteiger partial charge on any atom is 0.307 e. The van der Waals surface area contributed by atoms with Crippen molar-refractivity contribution in [3.8, 4) is 0 Å². The number of aliphatic carboxylic acids is 1. The van der Waals surface area contributed by atoms with Crippen LogP contribution in [-0.4, -0.2) is 16.1 Å². The van der Waals surface area contributed by atoms with E-state index in [0.717, 1.165) is 16.5 Å². The number of para-hydroxylation sites is 1. The topological polar surface area (TPSA) is 50.2 Å². The molecular weight excluding hydrogens is 202 g/mol. The Morgan fingerprint density at radius 3 is 2.94 bits per heavy atom. The van der Waals surface area contributed by atoms with Crippen molar-refractivity contribution in [3.05, 3.63) is 48.2 Å². The predicted molar refractivity (Wildman–Crippen MR) is 63.0 cm³/mol. The van der Waals surface area contributed by atoms with Gasteiger partial charge < -0.3 is 5.11 Å². The fourth-order valence-corrected chi connectivity index (χ4v) is 1.55. The predicted octanol–water partition coefficient (Wildman–Crippen LogP) is 2.72. The Morgan fingerprint density at radius 1 is 1.31 bits per heavy atom. The SMILES string of the molecule is O=C(O)CC=Cc1cccc2cccnc12. The van der Waals surface area contributed by atoms with Crippen molar-refractivity contribution in [2.75, 3.05) is 0 Å². The smallest absolute Gasteiger partial charge is 0.307 e. The molecule has 0 spiro atoms. The number of fused-ring (bicyclic) bond motifs is 1. The first-order valence-corrected chi connectivity index (χ1v) is 4.99. The van der Waals surface area contributed by atoms with Gasteiger partial charge in [-0.1, -0.05) is 36.4 Å². The Morgan fingerprint density at radius 2 is 2.12 bits per heavy atom. The van der Waals surface area contributed by atoms with Gasteiger partial charge in [0.25, 0.3) is 0 Å². The van der Waals surface area contributed by atoms with Crippen molar-refractivity contribution in [3.63, 3.8) is 0 Å². The zero-order chi connectivity index (χ0) is 11.4. The third-order valence-corrected chi connectivity index (χ3v) is 2.25. The molecule has 2 rings (SSSR count). The van der Waals surface area contributed by atoms with Crippen molar-refractivity contribution in [1.82, 2.24) is 4.98 Å². The summed E-state index contributed by atoms with van der Waals surface area (Å²) in [5, 5.41) is 9.59. The van der Waals surface area contributed by atoms with Gasteiger partial charge in [0.05, 0.1) is 11.9 Å². The Hall–Kier alpha value is -2.16. The summed E-state index contributed by atoms with van der Waals surface area (Å²) >= 11 is 0. The lowest BCUT2D eigenvalue weighted by molar-refractivity contribution is -0.135. The number of rotatable bonds is 3. The third kappa shape index (κ3) is 2.25. The van der Waals surface area contributed by atoms with E-state index in [-0.39, 0.29) is 6.42 Å². The molecule has 0 saturated heterocycles. The van der Waals surface area contributed by atoms with Crippen LogP contribution in [0.25, 0.3) is 17.0 Å². The summed E-state index contributed by atoms with van der Waals surface area (Å²) < 4.78 is 0. The first-order chi connectivity index (χ1) is 7.77. The second kappa shape index (κ2) is 4.57. The van der Waals surface area contributed by atoms with Crippen LogP contribution in [0.5, 0.6) is 0 Å². The zero-order valence-electron chi connectivity index (χ0n) is 8.63. The van der Waals surface area contributed by atoms with Crippen LogP contribution < -0.4 is 0 Å². The zero-order valence-corrected chi connectivity index (χ0v) is 8.63. The van der Waals surface area contributed by atoms with E-state index < -0.39 is 5.97 Å². The molecule has 0 aliphatic rings. The van der Waals surface area contributed by atoms with E-state index in [1.807, 2.05) is 30.3 Å². The standard InChI is InChI=1S/C13H11NO2/c15-12(16)8-2-6-10-4-1-5-11-7-3-9-14-13(10)11/h1-7,9H,8H2,(H,15,16). The average molecular weight is 213 g/mol. The van der Waals surface area contributed by atoms with Gasteiger partial charge >= 0.3 is 5.97 Å². The number of benzene rings is 1. The minimum Gasteiger partial charge on any atom is -0.481 e. The number of carboxylic acid groups (broad SMARTS) is 1. The monoisotopic (exact) mass is 213 g/mol. The molecule has 16 heavy (non-hydrogen) atoms. The molecule has 2 aromatic rings. The lowest BCUT2D eigenvalue weighted by atomic mass is 10.1. The van der Waals surface area contributed by atoms with E-state index in [2.05, 4.69) is 4.98 Å². The van der Waals surface area contributed by atoms with Crippen LogP contribution in [0, 0.1) is 0 Å². The van der Waals surface area contributed by atoms with Crippen molar-refractivity contribution in [2.24, 2.45) is 0 Å². The van der Waals surface area contributed by atoms with Crippen molar-refractivity contribution < 1.29 is 9.90 Å². The molecule has 0 bridgehead atoms. The highest BCUT2D eigenvalue weighted by molar-refractivity contribution is 5.87. The number of aromatic nitrogens is 1. The highest BCUT2D eigenvalue weighted by Gasteiger charge is 1.98. The van der Waals surface area contributed by atoms with Crippen LogP contribution in [-0.2, 0) is 4.79 Å². The largest absolute Gasteiger partial charge is 0.481 e. The number of pyridine rings is 1. The summed E-state index contributed by atoms with van der Waals surface area (Å²) in [6.07, 6.45) is 5.19. The fourth-order valence-electron chi connectivity index (χ4n) is 1.55. The summed E-state index contributed by atoms with van der Waals surface area (Å²) in [5.74, 6) is -0.829. The molecule has 80 valence electrons. The maximum absolute atomic E-state index is 10.4. The van der Waals surface area contributed by atoms with E-state index in [0.29, 0.717) is 0 Å². The van der Waals surface area contributed by atoms with Crippen molar-refractivity contribution in [1.29, 1.82) is 0 Å². The molecule has 1 heterocycles. The minimum absolute atomic E-state index is 0.0310. The molecule has 0 amide bonds. The van der Waals surface area contributed by atoms with Gasteiger partial charge in [-0.15, -0.1) is 0 Å². The molecule has 0 radical (unpaired) electrons. The molecule has 0 atom stereocenters. The summed E-state index contributed by atoms with van der Waals surface area (Å²) in [5.41, 5.74) is 1.84. The second-order valence-electron chi connectivity index (χ2n) is 3.42. The fraction of sp³-hybridized carbons (Fsp3) is 0.0769. The molecule has 3 nitrogen and oxygen atoms in total. The van der Waals surface area contributed by atoms with E-state index >= 15 is 0 Å². The highest BCUT2D eigenvalue weighted by atomic mass is 16.4. The second-order valence-corrected chi connectivity index (χ2v) is 3.42. The number of hydrogen-bond acceptors (Lipinski definition) is 2. The summed E-state index contributed by atoms with van der Waals surface area (Å²) in [7, 11) is 0. The van der Waals surface area contributed by atoms with Gasteiger partial charge in [0.15, 0.2) is 0 Å². The molecule has 0 aliphatic carbocycles. The average Bonchev–Trinajstić information content (AvgIpc) is 2.29. The van der Waals surface area contributed by atoms with E-state index in [1.54, 1.807) is 18.3 Å². The van der Waals surface area contributed by atoms with Crippen molar-refractivity contribution in [2.45, 2.75) is 6.42 Å². The molecule has 1 aromatic carbocycles. The van der Waals surface area contributed by atoms with Gasteiger partial charge in [0.2, 0.25) is 0 Å². The van der Waals surface area contributed by atoms with Crippen LogP contribution in [0.2, 0.25) is 0 Å². The Kier molecular flexibility index (Phi) is 2.96. The third-order valence-electron chi connectivity index (χ3n) is 2.25. The van der Waals surface area contributed by atoms with Crippen LogP contribution >= 0.6 is 0 Å². The highest BCUT2D eigenvalue weighted by Crippen LogP contribution is 2.17. The Labute approximate surface area is 93.1 Å². The molecular formula is C13H11NO2. The van der Waals surface area contributed by atoms with Gasteiger partial charge in [0, 0.05) is 17.1 Å². The Bertz CT molecular complexity index is 541. The minimum atomic E-state index is -0.829. The van der Waals surface area contributed by atoms with Gasteiger partial charge in [-0.25, -0.2) is 0 Å². The lowest BCUT2D eigenvalue weighted by Crippen LogP contribution is -1.89. The van der Waals surface area contributed by atoms with Crippen molar-refractivity contribution >= 4 is 22.9 Å². The van der Waals surface area contributed by atoms with Crippen LogP contribution in [0.15, 0.2) is 42.6 Å². The van der Waals surface area contributed by atoms with E-state index in [1.165, 1.54) is 0 Å². The summed E-state index contributed by atoms with van der Waals surface area (Å²) in [4.78, 5) is 14.7. The van der Waals surface area contributed by atoms with Crippen LogP contribution in [0.4, 0.5) is 0 Å². The number of nitrogens with zero attached hydrogens (tertiary/aromatic N) is 1. The molecule has 0 saturated carbocycles. The van der Waals surface area contributed by atoms with Gasteiger partial charge in [0.1, 0.15) is 0 Å². The van der Waals surface area contributed by atoms with E-state index in [9.17, 15) is 4.79 Å².